The SMILES string of the molecule is CC(Br)C(=O)c1ccc(Br)cc1C=O. The van der Waals surface area contributed by atoms with Crippen molar-refractivity contribution in [3.8, 4) is 0 Å². The van der Waals surface area contributed by atoms with Crippen LogP contribution in [0.15, 0.2) is 22.7 Å². The van der Waals surface area contributed by atoms with Gasteiger partial charge in [0.1, 0.15) is 0 Å². The highest BCUT2D eigenvalue weighted by atomic mass is 79.9. The van der Waals surface area contributed by atoms with Gasteiger partial charge in [-0.25, -0.2) is 0 Å². The number of halogens is 2. The Balaban J connectivity index is 3.20. The van der Waals surface area contributed by atoms with Gasteiger partial charge in [0.25, 0.3) is 0 Å². The van der Waals surface area contributed by atoms with Gasteiger partial charge in [-0.1, -0.05) is 31.9 Å². The van der Waals surface area contributed by atoms with Crippen LogP contribution in [-0.2, 0) is 0 Å². The zero-order valence-electron chi connectivity index (χ0n) is 7.46. The Kier molecular flexibility index (Phi) is 4.01. The summed E-state index contributed by atoms with van der Waals surface area (Å²) in [5, 5.41) is 0. The first-order valence-corrected chi connectivity index (χ1v) is 5.70. The van der Waals surface area contributed by atoms with Crippen LogP contribution in [0.25, 0.3) is 0 Å². The lowest BCUT2D eigenvalue weighted by molar-refractivity contribution is 0.0989. The standard InChI is InChI=1S/C10H8Br2O2/c1-6(11)10(14)9-3-2-8(12)4-7(9)5-13/h2-6H,1H3. The van der Waals surface area contributed by atoms with E-state index in [4.69, 9.17) is 0 Å². The molecule has 1 aromatic carbocycles. The maximum absolute atomic E-state index is 11.6. The average molecular weight is 320 g/mol. The largest absolute Gasteiger partial charge is 0.298 e. The Hall–Kier alpha value is -0.480. The van der Waals surface area contributed by atoms with Crippen LogP contribution in [-0.4, -0.2) is 16.9 Å². The van der Waals surface area contributed by atoms with Gasteiger partial charge in [-0.2, -0.15) is 0 Å². The molecule has 0 N–H and O–H groups in total. The molecule has 0 amide bonds. The van der Waals surface area contributed by atoms with Crippen LogP contribution in [0.4, 0.5) is 0 Å². The van der Waals surface area contributed by atoms with E-state index in [-0.39, 0.29) is 10.6 Å². The van der Waals surface area contributed by atoms with E-state index >= 15 is 0 Å². The molecule has 4 heteroatoms. The fraction of sp³-hybridized carbons (Fsp3) is 0.200. The van der Waals surface area contributed by atoms with Crippen LogP contribution in [0.3, 0.4) is 0 Å². The van der Waals surface area contributed by atoms with Gasteiger partial charge in [0.2, 0.25) is 0 Å². The van der Waals surface area contributed by atoms with E-state index < -0.39 is 0 Å². The molecule has 0 saturated heterocycles. The van der Waals surface area contributed by atoms with Crippen molar-refractivity contribution in [2.75, 3.05) is 0 Å². The molecule has 1 aromatic rings. The summed E-state index contributed by atoms with van der Waals surface area (Å²) in [5.41, 5.74) is 0.864. The highest BCUT2D eigenvalue weighted by molar-refractivity contribution is 9.10. The molecule has 0 fully saturated rings. The predicted octanol–water partition coefficient (Wildman–Crippen LogP) is 3.23. The third kappa shape index (κ3) is 2.51. The van der Waals surface area contributed by atoms with Crippen molar-refractivity contribution in [1.29, 1.82) is 0 Å². The van der Waals surface area contributed by atoms with E-state index in [2.05, 4.69) is 31.9 Å². The van der Waals surface area contributed by atoms with Crippen LogP contribution in [0, 0.1) is 0 Å². The average Bonchev–Trinajstić information content (AvgIpc) is 2.16. The van der Waals surface area contributed by atoms with Gasteiger partial charge < -0.3 is 0 Å². The summed E-state index contributed by atoms with van der Waals surface area (Å²) in [6.45, 7) is 1.74. The molecule has 74 valence electrons. The van der Waals surface area contributed by atoms with Crippen LogP contribution >= 0.6 is 31.9 Å². The van der Waals surface area contributed by atoms with E-state index in [1.165, 1.54) is 0 Å². The zero-order valence-corrected chi connectivity index (χ0v) is 10.6. The summed E-state index contributed by atoms with van der Waals surface area (Å²) < 4.78 is 0.790. The molecule has 1 unspecified atom stereocenters. The third-order valence-electron chi connectivity index (χ3n) is 1.77. The van der Waals surface area contributed by atoms with Crippen LogP contribution < -0.4 is 0 Å². The zero-order chi connectivity index (χ0) is 10.7. The second kappa shape index (κ2) is 4.84. The van der Waals surface area contributed by atoms with Crippen molar-refractivity contribution >= 4 is 43.9 Å². The van der Waals surface area contributed by atoms with E-state index in [0.29, 0.717) is 17.4 Å². The summed E-state index contributed by atoms with van der Waals surface area (Å²) in [4.78, 5) is 22.1. The molecule has 0 spiro atoms. The monoisotopic (exact) mass is 318 g/mol. The van der Waals surface area contributed by atoms with Crippen molar-refractivity contribution < 1.29 is 9.59 Å². The Bertz CT molecular complexity index is 372. The smallest absolute Gasteiger partial charge is 0.176 e. The van der Waals surface area contributed by atoms with Gasteiger partial charge in [-0.05, 0) is 25.1 Å². The molecule has 0 saturated carbocycles. The third-order valence-corrected chi connectivity index (χ3v) is 2.68. The molecule has 0 aliphatic carbocycles. The Labute approximate surface area is 98.9 Å². The van der Waals surface area contributed by atoms with Crippen molar-refractivity contribution in [1.82, 2.24) is 0 Å². The highest BCUT2D eigenvalue weighted by Crippen LogP contribution is 2.18. The second-order valence-electron chi connectivity index (χ2n) is 2.83. The summed E-state index contributed by atoms with van der Waals surface area (Å²) in [5.74, 6) is -0.0837. The molecule has 0 radical (unpaired) electrons. The molecular formula is C10H8Br2O2. The topological polar surface area (TPSA) is 34.1 Å². The lowest BCUT2D eigenvalue weighted by Crippen LogP contribution is -2.12. The van der Waals surface area contributed by atoms with Crippen LogP contribution in [0.5, 0.6) is 0 Å². The van der Waals surface area contributed by atoms with Gasteiger partial charge in [0.15, 0.2) is 12.1 Å². The van der Waals surface area contributed by atoms with Crippen molar-refractivity contribution in [3.63, 3.8) is 0 Å². The fourth-order valence-corrected chi connectivity index (χ4v) is 1.70. The molecule has 0 aliphatic heterocycles. The number of benzene rings is 1. The van der Waals surface area contributed by atoms with E-state index in [1.54, 1.807) is 25.1 Å². The van der Waals surface area contributed by atoms with Gasteiger partial charge in [0.05, 0.1) is 4.83 Å². The van der Waals surface area contributed by atoms with E-state index in [9.17, 15) is 9.59 Å². The normalized spacial score (nSPS) is 12.2. The van der Waals surface area contributed by atoms with Gasteiger partial charge in [0, 0.05) is 15.6 Å². The molecule has 1 rings (SSSR count). The number of hydrogen-bond donors (Lipinski definition) is 0. The molecule has 2 nitrogen and oxygen atoms in total. The number of carbonyl (C=O) groups is 2. The minimum atomic E-state index is -0.276. The number of aldehydes is 1. The van der Waals surface area contributed by atoms with Crippen LogP contribution in [0.2, 0.25) is 0 Å². The van der Waals surface area contributed by atoms with E-state index in [0.717, 1.165) is 4.47 Å². The minimum absolute atomic E-state index is 0.0837. The van der Waals surface area contributed by atoms with Crippen molar-refractivity contribution in [2.24, 2.45) is 0 Å². The molecular weight excluding hydrogens is 312 g/mol. The maximum Gasteiger partial charge on any atom is 0.176 e. The maximum atomic E-state index is 11.6. The quantitative estimate of drug-likeness (QED) is 0.487. The number of rotatable bonds is 3. The number of carbonyl (C=O) groups excluding carboxylic acids is 2. The van der Waals surface area contributed by atoms with Crippen LogP contribution in [0.1, 0.15) is 27.6 Å². The minimum Gasteiger partial charge on any atom is -0.298 e. The molecule has 0 heterocycles. The first-order chi connectivity index (χ1) is 6.56. The van der Waals surface area contributed by atoms with E-state index in [1.807, 2.05) is 0 Å². The first-order valence-electron chi connectivity index (χ1n) is 3.99. The molecule has 1 atom stereocenters. The summed E-state index contributed by atoms with van der Waals surface area (Å²) in [7, 11) is 0. The number of hydrogen-bond acceptors (Lipinski definition) is 2. The van der Waals surface area contributed by atoms with Gasteiger partial charge in [-0.15, -0.1) is 0 Å². The Morgan fingerprint density at radius 3 is 2.64 bits per heavy atom. The Morgan fingerprint density at radius 2 is 2.14 bits per heavy atom. The molecule has 0 aromatic heterocycles. The molecule has 0 bridgehead atoms. The molecule has 0 aliphatic rings. The van der Waals surface area contributed by atoms with Gasteiger partial charge in [-0.3, -0.25) is 9.59 Å². The highest BCUT2D eigenvalue weighted by Gasteiger charge is 2.15. The predicted molar refractivity (Wildman–Crippen MR) is 62.2 cm³/mol. The molecule has 14 heavy (non-hydrogen) atoms. The fourth-order valence-electron chi connectivity index (χ4n) is 1.07. The summed E-state index contributed by atoms with van der Waals surface area (Å²) in [6.07, 6.45) is 0.688. The number of alkyl halides is 1. The number of ketones is 1. The Morgan fingerprint density at radius 1 is 1.50 bits per heavy atom. The second-order valence-corrected chi connectivity index (χ2v) is 5.12. The first kappa shape index (κ1) is 11.6. The lowest BCUT2D eigenvalue weighted by Gasteiger charge is -2.05. The lowest BCUT2D eigenvalue weighted by atomic mass is 10.0. The van der Waals surface area contributed by atoms with Gasteiger partial charge >= 0.3 is 0 Å². The summed E-state index contributed by atoms with van der Waals surface area (Å²) in [6, 6.07) is 5.03. The number of Topliss-reactive ketones (excluding diaryl/α,β-unsaturated/α-hetero) is 1. The van der Waals surface area contributed by atoms with Crippen molar-refractivity contribution in [3.05, 3.63) is 33.8 Å². The van der Waals surface area contributed by atoms with Crippen molar-refractivity contribution in [2.45, 2.75) is 11.8 Å². The summed E-state index contributed by atoms with van der Waals surface area (Å²) >= 11 is 6.42.